The molecule has 110 valence electrons. The van der Waals surface area contributed by atoms with E-state index in [4.69, 9.17) is 4.74 Å². The van der Waals surface area contributed by atoms with Crippen molar-refractivity contribution in [3.63, 3.8) is 0 Å². The number of carbonyl (C=O) groups is 1. The molecule has 0 spiro atoms. The molecule has 0 aliphatic heterocycles. The molecule has 1 aromatic heterocycles. The molecular weight excluding hydrogens is 266 g/mol. The summed E-state index contributed by atoms with van der Waals surface area (Å²) in [5.41, 5.74) is 3.25. The molecule has 1 aromatic carbocycles. The van der Waals surface area contributed by atoms with Crippen LogP contribution in [0.4, 0.5) is 0 Å². The summed E-state index contributed by atoms with van der Waals surface area (Å²) < 4.78 is 5.18. The molecule has 0 saturated carbocycles. The lowest BCUT2D eigenvalue weighted by Gasteiger charge is -2.20. The van der Waals surface area contributed by atoms with E-state index in [1.54, 1.807) is 13.4 Å². The predicted octanol–water partition coefficient (Wildman–Crippen LogP) is 1.84. The van der Waals surface area contributed by atoms with Crippen LogP contribution in [-0.2, 0) is 24.2 Å². The van der Waals surface area contributed by atoms with Crippen molar-refractivity contribution in [1.82, 2.24) is 15.3 Å². The highest BCUT2D eigenvalue weighted by atomic mass is 16.5. The first-order valence-electron chi connectivity index (χ1n) is 7.18. The van der Waals surface area contributed by atoms with Crippen molar-refractivity contribution in [3.05, 3.63) is 47.5 Å². The zero-order chi connectivity index (χ0) is 14.7. The number of imidazole rings is 1. The molecule has 0 unspecified atom stereocenters. The van der Waals surface area contributed by atoms with E-state index in [-0.39, 0.29) is 11.8 Å². The molecule has 0 fully saturated rings. The van der Waals surface area contributed by atoms with Crippen molar-refractivity contribution in [1.29, 1.82) is 0 Å². The van der Waals surface area contributed by atoms with Gasteiger partial charge in [0.1, 0.15) is 5.75 Å². The van der Waals surface area contributed by atoms with E-state index in [0.29, 0.717) is 6.54 Å². The Labute approximate surface area is 123 Å². The summed E-state index contributed by atoms with van der Waals surface area (Å²) in [6.07, 6.45) is 4.19. The van der Waals surface area contributed by atoms with Crippen LogP contribution in [0.5, 0.6) is 5.75 Å². The largest absolute Gasteiger partial charge is 0.497 e. The average molecular weight is 285 g/mol. The Hall–Kier alpha value is -2.30. The fourth-order valence-electron chi connectivity index (χ4n) is 2.74. The van der Waals surface area contributed by atoms with E-state index in [0.717, 1.165) is 42.0 Å². The van der Waals surface area contributed by atoms with Gasteiger partial charge >= 0.3 is 0 Å². The van der Waals surface area contributed by atoms with E-state index in [9.17, 15) is 4.79 Å². The van der Waals surface area contributed by atoms with Crippen LogP contribution in [0.25, 0.3) is 0 Å². The van der Waals surface area contributed by atoms with Gasteiger partial charge in [-0.15, -0.1) is 0 Å². The molecule has 0 bridgehead atoms. The van der Waals surface area contributed by atoms with Crippen LogP contribution in [-0.4, -0.2) is 23.0 Å². The van der Waals surface area contributed by atoms with Gasteiger partial charge in [0.2, 0.25) is 5.91 Å². The number of ether oxygens (including phenoxy) is 1. The first-order chi connectivity index (χ1) is 10.3. The molecule has 1 heterocycles. The number of carbonyl (C=O) groups excluding carboxylic acids is 1. The molecule has 5 nitrogen and oxygen atoms in total. The Morgan fingerprint density at radius 3 is 3.29 bits per heavy atom. The lowest BCUT2D eigenvalue weighted by Crippen LogP contribution is -2.33. The van der Waals surface area contributed by atoms with Gasteiger partial charge in [0.25, 0.3) is 0 Å². The lowest BCUT2D eigenvalue weighted by molar-refractivity contribution is -0.125. The van der Waals surface area contributed by atoms with Crippen LogP contribution in [0.15, 0.2) is 30.6 Å². The third-order valence-electron chi connectivity index (χ3n) is 3.96. The highest BCUT2D eigenvalue weighted by Crippen LogP contribution is 2.23. The molecule has 0 radical (unpaired) electrons. The molecule has 3 rings (SSSR count). The predicted molar refractivity (Wildman–Crippen MR) is 78.9 cm³/mol. The van der Waals surface area contributed by atoms with E-state index >= 15 is 0 Å². The summed E-state index contributed by atoms with van der Waals surface area (Å²) in [6.45, 7) is 0.530. The van der Waals surface area contributed by atoms with Gasteiger partial charge in [0.05, 0.1) is 19.1 Å². The second-order valence-corrected chi connectivity index (χ2v) is 5.34. The van der Waals surface area contributed by atoms with E-state index in [2.05, 4.69) is 15.3 Å². The Balaban J connectivity index is 1.57. The van der Waals surface area contributed by atoms with E-state index < -0.39 is 0 Å². The van der Waals surface area contributed by atoms with E-state index in [1.807, 2.05) is 24.3 Å². The molecule has 1 amide bonds. The number of H-pyrrole nitrogens is 1. The summed E-state index contributed by atoms with van der Waals surface area (Å²) in [6, 6.07) is 7.74. The highest BCUT2D eigenvalue weighted by molar-refractivity contribution is 5.79. The monoisotopic (exact) mass is 285 g/mol. The Kier molecular flexibility index (Phi) is 3.90. The van der Waals surface area contributed by atoms with Gasteiger partial charge in [-0.05, 0) is 30.5 Å². The summed E-state index contributed by atoms with van der Waals surface area (Å²) in [5, 5.41) is 3.01. The number of nitrogens with one attached hydrogen (secondary N) is 2. The topological polar surface area (TPSA) is 67.0 Å². The summed E-state index contributed by atoms with van der Waals surface area (Å²) in [4.78, 5) is 19.7. The number of fused-ring (bicyclic) bond motifs is 1. The second-order valence-electron chi connectivity index (χ2n) is 5.34. The van der Waals surface area contributed by atoms with Gasteiger partial charge in [-0.1, -0.05) is 12.1 Å². The van der Waals surface area contributed by atoms with Crippen molar-refractivity contribution < 1.29 is 9.53 Å². The Morgan fingerprint density at radius 1 is 1.52 bits per heavy atom. The molecule has 21 heavy (non-hydrogen) atoms. The first-order valence-corrected chi connectivity index (χ1v) is 7.18. The van der Waals surface area contributed by atoms with Crippen molar-refractivity contribution in [2.45, 2.75) is 25.8 Å². The van der Waals surface area contributed by atoms with Gasteiger partial charge in [0, 0.05) is 24.6 Å². The maximum Gasteiger partial charge on any atom is 0.223 e. The van der Waals surface area contributed by atoms with Crippen LogP contribution < -0.4 is 10.1 Å². The Bertz CT molecular complexity index is 636. The average Bonchev–Trinajstić information content (AvgIpc) is 3.00. The van der Waals surface area contributed by atoms with Crippen LogP contribution in [0.1, 0.15) is 23.4 Å². The third kappa shape index (κ3) is 3.07. The van der Waals surface area contributed by atoms with Crippen LogP contribution in [0.3, 0.4) is 0 Å². The van der Waals surface area contributed by atoms with Crippen LogP contribution in [0, 0.1) is 5.92 Å². The lowest BCUT2D eigenvalue weighted by atomic mass is 9.89. The van der Waals surface area contributed by atoms with Gasteiger partial charge in [0.15, 0.2) is 0 Å². The number of aromatic amines is 1. The summed E-state index contributed by atoms with van der Waals surface area (Å²) in [5.74, 6) is 0.947. The number of methoxy groups -OCH3 is 1. The SMILES string of the molecule is COc1cccc(CNC(=O)[C@H]2CCc3nc[nH]c3C2)c1. The van der Waals surface area contributed by atoms with Crippen molar-refractivity contribution in [3.8, 4) is 5.75 Å². The van der Waals surface area contributed by atoms with E-state index in [1.165, 1.54) is 0 Å². The quantitative estimate of drug-likeness (QED) is 0.900. The molecule has 1 aliphatic rings. The van der Waals surface area contributed by atoms with Gasteiger partial charge in [-0.2, -0.15) is 0 Å². The molecule has 1 atom stereocenters. The maximum atomic E-state index is 12.3. The number of benzene rings is 1. The number of nitrogens with zero attached hydrogens (tertiary/aromatic N) is 1. The van der Waals surface area contributed by atoms with Gasteiger partial charge in [-0.3, -0.25) is 4.79 Å². The van der Waals surface area contributed by atoms with Crippen LogP contribution >= 0.6 is 0 Å². The minimum atomic E-state index is 0.0311. The minimum Gasteiger partial charge on any atom is -0.497 e. The Morgan fingerprint density at radius 2 is 2.43 bits per heavy atom. The number of amides is 1. The number of hydrogen-bond acceptors (Lipinski definition) is 3. The molecule has 5 heteroatoms. The second kappa shape index (κ2) is 5.99. The standard InChI is InChI=1S/C16H19N3O2/c1-21-13-4-2-3-11(7-13)9-17-16(20)12-5-6-14-15(8-12)19-10-18-14/h2-4,7,10,12H,5-6,8-9H2,1H3,(H,17,20)(H,18,19)/t12-/m0/s1. The molecule has 2 N–H and O–H groups in total. The first kappa shape index (κ1) is 13.7. The molecule has 2 aromatic rings. The summed E-state index contributed by atoms with van der Waals surface area (Å²) >= 11 is 0. The molecule has 0 saturated heterocycles. The van der Waals surface area contributed by atoms with Gasteiger partial charge in [-0.25, -0.2) is 4.98 Å². The van der Waals surface area contributed by atoms with Crippen molar-refractivity contribution in [2.75, 3.05) is 7.11 Å². The fraction of sp³-hybridized carbons (Fsp3) is 0.375. The smallest absolute Gasteiger partial charge is 0.223 e. The number of aryl methyl sites for hydroxylation is 1. The zero-order valence-corrected chi connectivity index (χ0v) is 12.1. The summed E-state index contributed by atoms with van der Waals surface area (Å²) in [7, 11) is 1.64. The third-order valence-corrected chi connectivity index (χ3v) is 3.96. The zero-order valence-electron chi connectivity index (χ0n) is 12.1. The van der Waals surface area contributed by atoms with Crippen molar-refractivity contribution >= 4 is 5.91 Å². The molecule has 1 aliphatic carbocycles. The normalized spacial score (nSPS) is 17.1. The van der Waals surface area contributed by atoms with Crippen LogP contribution in [0.2, 0.25) is 0 Å². The number of hydrogen-bond donors (Lipinski definition) is 2. The minimum absolute atomic E-state index is 0.0311. The number of rotatable bonds is 4. The highest BCUT2D eigenvalue weighted by Gasteiger charge is 2.25. The maximum absolute atomic E-state index is 12.3. The number of aromatic nitrogens is 2. The van der Waals surface area contributed by atoms with Crippen molar-refractivity contribution in [2.24, 2.45) is 5.92 Å². The fourth-order valence-corrected chi connectivity index (χ4v) is 2.74. The molecular formula is C16H19N3O2. The van der Waals surface area contributed by atoms with Gasteiger partial charge < -0.3 is 15.0 Å².